The Morgan fingerprint density at radius 2 is 2.00 bits per heavy atom. The number of imide groups is 1. The SMILES string of the molecule is COc1cccc(CN2C(=O)N(c3cnn(Cc4c(C)noc4C)c3)C(=O)C23CC3)c1. The van der Waals surface area contributed by atoms with Crippen molar-refractivity contribution in [3.05, 3.63) is 59.2 Å². The van der Waals surface area contributed by atoms with Gasteiger partial charge in [-0.25, -0.2) is 9.69 Å². The van der Waals surface area contributed by atoms with E-state index < -0.39 is 5.54 Å². The van der Waals surface area contributed by atoms with Crippen LogP contribution in [0.15, 0.2) is 41.2 Å². The Bertz CT molecular complexity index is 1160. The molecule has 3 aromatic rings. The van der Waals surface area contributed by atoms with Gasteiger partial charge in [0.2, 0.25) is 0 Å². The Morgan fingerprint density at radius 3 is 2.68 bits per heavy atom. The number of ether oxygens (including phenoxy) is 1. The molecule has 3 amide bonds. The number of anilines is 1. The van der Waals surface area contributed by atoms with E-state index in [0.717, 1.165) is 28.3 Å². The molecule has 1 aliphatic carbocycles. The number of aromatic nitrogens is 3. The van der Waals surface area contributed by atoms with Gasteiger partial charge >= 0.3 is 6.03 Å². The molecular formula is C22H23N5O4. The minimum atomic E-state index is -0.746. The van der Waals surface area contributed by atoms with E-state index in [1.807, 2.05) is 38.1 Å². The molecule has 0 bridgehead atoms. The van der Waals surface area contributed by atoms with Crippen molar-refractivity contribution in [3.63, 3.8) is 0 Å². The van der Waals surface area contributed by atoms with Crippen LogP contribution in [0.1, 0.15) is 35.4 Å². The van der Waals surface area contributed by atoms with Gasteiger partial charge in [0.25, 0.3) is 5.91 Å². The molecule has 0 N–H and O–H groups in total. The molecule has 1 saturated carbocycles. The number of rotatable bonds is 6. The zero-order chi connectivity index (χ0) is 21.8. The molecule has 31 heavy (non-hydrogen) atoms. The predicted molar refractivity (Wildman–Crippen MR) is 111 cm³/mol. The van der Waals surface area contributed by atoms with Gasteiger partial charge < -0.3 is 14.2 Å². The Hall–Kier alpha value is -3.62. The molecule has 3 heterocycles. The van der Waals surface area contributed by atoms with Crippen molar-refractivity contribution >= 4 is 17.6 Å². The monoisotopic (exact) mass is 421 g/mol. The maximum Gasteiger partial charge on any atom is 0.332 e. The van der Waals surface area contributed by atoms with E-state index in [0.29, 0.717) is 31.6 Å². The van der Waals surface area contributed by atoms with Gasteiger partial charge in [0, 0.05) is 18.3 Å². The van der Waals surface area contributed by atoms with Crippen LogP contribution in [0.2, 0.25) is 0 Å². The second kappa shape index (κ2) is 6.97. The molecule has 0 unspecified atom stereocenters. The lowest BCUT2D eigenvalue weighted by Crippen LogP contribution is -2.36. The molecule has 160 valence electrons. The highest BCUT2D eigenvalue weighted by Gasteiger charge is 2.65. The normalized spacial score (nSPS) is 17.1. The largest absolute Gasteiger partial charge is 0.497 e. The van der Waals surface area contributed by atoms with Gasteiger partial charge in [0.05, 0.1) is 31.2 Å². The molecule has 1 aromatic carbocycles. The Morgan fingerprint density at radius 1 is 1.19 bits per heavy atom. The van der Waals surface area contributed by atoms with E-state index in [2.05, 4.69) is 10.3 Å². The molecule has 2 aromatic heterocycles. The molecule has 2 fully saturated rings. The Kier molecular flexibility index (Phi) is 4.35. The summed E-state index contributed by atoms with van der Waals surface area (Å²) in [4.78, 5) is 29.5. The van der Waals surface area contributed by atoms with Crippen LogP contribution in [0.4, 0.5) is 10.5 Å². The molecule has 9 heteroatoms. The summed E-state index contributed by atoms with van der Waals surface area (Å²) in [5.74, 6) is 1.26. The number of hydrogen-bond donors (Lipinski definition) is 0. The van der Waals surface area contributed by atoms with Crippen LogP contribution in [0.5, 0.6) is 5.75 Å². The summed E-state index contributed by atoms with van der Waals surface area (Å²) < 4.78 is 12.2. The highest BCUT2D eigenvalue weighted by molar-refractivity contribution is 6.24. The van der Waals surface area contributed by atoms with Crippen molar-refractivity contribution in [3.8, 4) is 5.75 Å². The second-order valence-electron chi connectivity index (χ2n) is 8.09. The third kappa shape index (κ3) is 3.08. The van der Waals surface area contributed by atoms with Crippen molar-refractivity contribution in [2.45, 2.75) is 45.3 Å². The highest BCUT2D eigenvalue weighted by Crippen LogP contribution is 2.49. The van der Waals surface area contributed by atoms with Crippen LogP contribution >= 0.6 is 0 Å². The molecule has 5 rings (SSSR count). The maximum atomic E-state index is 13.3. The second-order valence-corrected chi connectivity index (χ2v) is 8.09. The van der Waals surface area contributed by atoms with Crippen LogP contribution < -0.4 is 9.64 Å². The topological polar surface area (TPSA) is 93.7 Å². The lowest BCUT2D eigenvalue weighted by atomic mass is 10.1. The molecule has 2 aliphatic rings. The number of hydrogen-bond acceptors (Lipinski definition) is 6. The third-order valence-corrected chi connectivity index (χ3v) is 6.12. The Balaban J connectivity index is 1.40. The summed E-state index contributed by atoms with van der Waals surface area (Å²) in [6.07, 6.45) is 4.61. The fourth-order valence-electron chi connectivity index (χ4n) is 4.16. The number of benzene rings is 1. The van der Waals surface area contributed by atoms with Crippen molar-refractivity contribution in [2.24, 2.45) is 0 Å². The summed E-state index contributed by atoms with van der Waals surface area (Å²) in [5.41, 5.74) is 2.38. The first-order valence-corrected chi connectivity index (χ1v) is 10.2. The predicted octanol–water partition coefficient (Wildman–Crippen LogP) is 3.05. The first-order chi connectivity index (χ1) is 14.9. The van der Waals surface area contributed by atoms with Crippen molar-refractivity contribution in [1.29, 1.82) is 0 Å². The average Bonchev–Trinajstić information content (AvgIpc) is 3.29. The zero-order valence-corrected chi connectivity index (χ0v) is 17.7. The molecule has 1 spiro atoms. The number of urea groups is 1. The minimum Gasteiger partial charge on any atom is -0.497 e. The highest BCUT2D eigenvalue weighted by atomic mass is 16.5. The van der Waals surface area contributed by atoms with Crippen LogP contribution in [-0.4, -0.2) is 44.4 Å². The van der Waals surface area contributed by atoms with Crippen molar-refractivity contribution in [2.75, 3.05) is 12.0 Å². The molecule has 0 radical (unpaired) electrons. The standard InChI is InChI=1S/C22H23N5O4/c1-14-19(15(2)31-24-14)13-25-12-17(10-23-25)27-20(28)22(7-8-22)26(21(27)29)11-16-5-4-6-18(9-16)30-3/h4-6,9-10,12H,7-8,11,13H2,1-3H3. The molecule has 0 atom stereocenters. The molecule has 1 saturated heterocycles. The van der Waals surface area contributed by atoms with Crippen LogP contribution in [-0.2, 0) is 17.9 Å². The summed E-state index contributed by atoms with van der Waals surface area (Å²) in [5, 5.41) is 8.31. The van der Waals surface area contributed by atoms with Gasteiger partial charge in [-0.1, -0.05) is 17.3 Å². The smallest absolute Gasteiger partial charge is 0.332 e. The quantitative estimate of drug-likeness (QED) is 0.568. The van der Waals surface area contributed by atoms with Gasteiger partial charge in [-0.2, -0.15) is 5.10 Å². The number of nitrogens with zero attached hydrogens (tertiary/aromatic N) is 5. The van der Waals surface area contributed by atoms with E-state index in [4.69, 9.17) is 9.26 Å². The van der Waals surface area contributed by atoms with Gasteiger partial charge in [-0.3, -0.25) is 9.48 Å². The zero-order valence-electron chi connectivity index (χ0n) is 17.7. The third-order valence-electron chi connectivity index (χ3n) is 6.12. The van der Waals surface area contributed by atoms with Gasteiger partial charge in [-0.15, -0.1) is 0 Å². The molecule has 1 aliphatic heterocycles. The number of amides is 3. The van der Waals surface area contributed by atoms with Gasteiger partial charge in [-0.05, 0) is 44.4 Å². The van der Waals surface area contributed by atoms with Gasteiger partial charge in [0.1, 0.15) is 17.0 Å². The number of carbonyl (C=O) groups excluding carboxylic acids is 2. The average molecular weight is 421 g/mol. The van der Waals surface area contributed by atoms with Crippen LogP contribution in [0, 0.1) is 13.8 Å². The van der Waals surface area contributed by atoms with E-state index in [1.165, 1.54) is 4.90 Å². The fraction of sp³-hybridized carbons (Fsp3) is 0.364. The first-order valence-electron chi connectivity index (χ1n) is 10.2. The summed E-state index contributed by atoms with van der Waals surface area (Å²) in [6.45, 7) is 4.53. The Labute approximate surface area is 179 Å². The summed E-state index contributed by atoms with van der Waals surface area (Å²) in [7, 11) is 1.61. The van der Waals surface area contributed by atoms with E-state index in [9.17, 15) is 9.59 Å². The fourth-order valence-corrected chi connectivity index (χ4v) is 4.16. The van der Waals surface area contributed by atoms with E-state index in [1.54, 1.807) is 29.1 Å². The van der Waals surface area contributed by atoms with E-state index in [-0.39, 0.29) is 11.9 Å². The summed E-state index contributed by atoms with van der Waals surface area (Å²) >= 11 is 0. The number of methoxy groups -OCH3 is 1. The summed E-state index contributed by atoms with van der Waals surface area (Å²) in [6, 6.07) is 7.24. The molecular weight excluding hydrogens is 398 g/mol. The lowest BCUT2D eigenvalue weighted by Gasteiger charge is -2.21. The van der Waals surface area contributed by atoms with Crippen LogP contribution in [0.25, 0.3) is 0 Å². The molecule has 9 nitrogen and oxygen atoms in total. The number of carbonyl (C=O) groups is 2. The number of aryl methyl sites for hydroxylation is 2. The maximum absolute atomic E-state index is 13.3. The van der Waals surface area contributed by atoms with Crippen molar-refractivity contribution < 1.29 is 18.8 Å². The minimum absolute atomic E-state index is 0.183. The lowest BCUT2D eigenvalue weighted by molar-refractivity contribution is -0.120. The van der Waals surface area contributed by atoms with Gasteiger partial charge in [0.15, 0.2) is 0 Å². The van der Waals surface area contributed by atoms with E-state index >= 15 is 0 Å². The van der Waals surface area contributed by atoms with Crippen molar-refractivity contribution in [1.82, 2.24) is 19.8 Å². The first kappa shape index (κ1) is 19.3. The van der Waals surface area contributed by atoms with Crippen LogP contribution in [0.3, 0.4) is 0 Å².